The van der Waals surface area contributed by atoms with Gasteiger partial charge in [0, 0.05) is 20.1 Å². The number of rotatable bonds is 3. The zero-order valence-electron chi connectivity index (χ0n) is 10.3. The summed E-state index contributed by atoms with van der Waals surface area (Å²) in [6.45, 7) is 0. The van der Waals surface area contributed by atoms with Crippen LogP contribution in [0.15, 0.2) is 12.1 Å². The van der Waals surface area contributed by atoms with E-state index in [1.165, 1.54) is 12.8 Å². The first-order chi connectivity index (χ1) is 8.22. The van der Waals surface area contributed by atoms with Crippen LogP contribution in [-0.4, -0.2) is 41.1 Å². The molecular weight excluding hydrogens is 216 g/mol. The number of carbonyl (C=O) groups excluding carboxylic acids is 1. The number of anilines is 1. The van der Waals surface area contributed by atoms with Crippen LogP contribution in [0.5, 0.6) is 0 Å². The maximum absolute atomic E-state index is 12.1. The molecule has 0 aliphatic heterocycles. The number of amides is 1. The van der Waals surface area contributed by atoms with Crippen molar-refractivity contribution in [3.05, 3.63) is 17.8 Å². The van der Waals surface area contributed by atoms with Gasteiger partial charge in [-0.15, -0.1) is 10.2 Å². The molecule has 5 nitrogen and oxygen atoms in total. The summed E-state index contributed by atoms with van der Waals surface area (Å²) < 4.78 is 0. The molecule has 92 valence electrons. The number of carbonyl (C=O) groups is 1. The summed E-state index contributed by atoms with van der Waals surface area (Å²) in [4.78, 5) is 13.9. The Morgan fingerprint density at radius 2 is 2.06 bits per heavy atom. The Hall–Kier alpha value is -1.65. The predicted molar refractivity (Wildman–Crippen MR) is 65.9 cm³/mol. The standard InChI is InChI=1S/C12H18N4O/c1-13-11-8-7-10(14-15-11)12(17)16(2)9-5-3-4-6-9/h7-9H,3-6H2,1-2H3,(H,13,15). The maximum atomic E-state index is 12.1. The Morgan fingerprint density at radius 1 is 1.35 bits per heavy atom. The molecule has 5 heteroatoms. The minimum absolute atomic E-state index is 0.0351. The Kier molecular flexibility index (Phi) is 3.56. The molecule has 1 aliphatic rings. The monoisotopic (exact) mass is 234 g/mol. The van der Waals surface area contributed by atoms with E-state index in [4.69, 9.17) is 0 Å². The van der Waals surface area contributed by atoms with Gasteiger partial charge in [0.15, 0.2) is 5.69 Å². The van der Waals surface area contributed by atoms with Crippen LogP contribution in [0.25, 0.3) is 0 Å². The quantitative estimate of drug-likeness (QED) is 0.861. The van der Waals surface area contributed by atoms with Crippen LogP contribution in [0.1, 0.15) is 36.2 Å². The molecule has 2 rings (SSSR count). The van der Waals surface area contributed by atoms with E-state index < -0.39 is 0 Å². The third kappa shape index (κ3) is 2.54. The third-order valence-electron chi connectivity index (χ3n) is 3.33. The predicted octanol–water partition coefficient (Wildman–Crippen LogP) is 1.53. The molecule has 1 saturated carbocycles. The highest BCUT2D eigenvalue weighted by Crippen LogP contribution is 2.23. The fraction of sp³-hybridized carbons (Fsp3) is 0.583. The summed E-state index contributed by atoms with van der Waals surface area (Å²) >= 11 is 0. The van der Waals surface area contributed by atoms with Gasteiger partial charge in [-0.25, -0.2) is 0 Å². The lowest BCUT2D eigenvalue weighted by atomic mass is 10.2. The van der Waals surface area contributed by atoms with E-state index in [2.05, 4.69) is 15.5 Å². The van der Waals surface area contributed by atoms with Crippen molar-refractivity contribution in [2.24, 2.45) is 0 Å². The zero-order chi connectivity index (χ0) is 12.3. The van der Waals surface area contributed by atoms with Crippen LogP contribution < -0.4 is 5.32 Å². The van der Waals surface area contributed by atoms with Gasteiger partial charge in [0.1, 0.15) is 5.82 Å². The number of aromatic nitrogens is 2. The normalized spacial score (nSPS) is 15.9. The summed E-state index contributed by atoms with van der Waals surface area (Å²) in [6, 6.07) is 3.85. The van der Waals surface area contributed by atoms with Crippen LogP contribution in [-0.2, 0) is 0 Å². The smallest absolute Gasteiger partial charge is 0.274 e. The summed E-state index contributed by atoms with van der Waals surface area (Å²) in [7, 11) is 3.63. The third-order valence-corrected chi connectivity index (χ3v) is 3.33. The van der Waals surface area contributed by atoms with E-state index in [0.29, 0.717) is 17.6 Å². The van der Waals surface area contributed by atoms with Gasteiger partial charge in [-0.2, -0.15) is 0 Å². The lowest BCUT2D eigenvalue weighted by Gasteiger charge is -2.23. The van der Waals surface area contributed by atoms with Crippen molar-refractivity contribution in [2.45, 2.75) is 31.7 Å². The van der Waals surface area contributed by atoms with Crippen LogP contribution in [0, 0.1) is 0 Å². The molecule has 1 aromatic rings. The van der Waals surface area contributed by atoms with Crippen molar-refractivity contribution in [1.29, 1.82) is 0 Å². The van der Waals surface area contributed by atoms with Crippen LogP contribution in [0.3, 0.4) is 0 Å². The van der Waals surface area contributed by atoms with Gasteiger partial charge >= 0.3 is 0 Å². The summed E-state index contributed by atoms with van der Waals surface area (Å²) in [5.41, 5.74) is 0.415. The molecule has 1 amide bonds. The highest BCUT2D eigenvalue weighted by Gasteiger charge is 2.24. The Labute approximate surface area is 101 Å². The SMILES string of the molecule is CNc1ccc(C(=O)N(C)C2CCCC2)nn1. The number of hydrogen-bond donors (Lipinski definition) is 1. The van der Waals surface area contributed by atoms with E-state index in [1.807, 2.05) is 7.05 Å². The molecule has 1 heterocycles. The van der Waals surface area contributed by atoms with Crippen molar-refractivity contribution in [2.75, 3.05) is 19.4 Å². The fourth-order valence-corrected chi connectivity index (χ4v) is 2.22. The van der Waals surface area contributed by atoms with E-state index in [0.717, 1.165) is 12.8 Å². The van der Waals surface area contributed by atoms with Gasteiger partial charge in [-0.1, -0.05) is 12.8 Å². The Balaban J connectivity index is 2.07. The van der Waals surface area contributed by atoms with Crippen molar-refractivity contribution in [3.8, 4) is 0 Å². The van der Waals surface area contributed by atoms with E-state index >= 15 is 0 Å². The van der Waals surface area contributed by atoms with Gasteiger partial charge in [0.25, 0.3) is 5.91 Å². The molecule has 0 unspecified atom stereocenters. The molecular formula is C12H18N4O. The second-order valence-electron chi connectivity index (χ2n) is 4.41. The Morgan fingerprint density at radius 3 is 2.59 bits per heavy atom. The number of nitrogens with zero attached hydrogens (tertiary/aromatic N) is 3. The molecule has 1 aliphatic carbocycles. The summed E-state index contributed by atoms with van der Waals surface area (Å²) in [5.74, 6) is 0.636. The molecule has 0 aromatic carbocycles. The first-order valence-corrected chi connectivity index (χ1v) is 6.01. The first kappa shape index (κ1) is 11.8. The van der Waals surface area contributed by atoms with Gasteiger partial charge in [-0.05, 0) is 25.0 Å². The Bertz CT molecular complexity index is 384. The molecule has 1 aromatic heterocycles. The summed E-state index contributed by atoms with van der Waals surface area (Å²) in [5, 5.41) is 10.7. The molecule has 0 atom stereocenters. The second-order valence-corrected chi connectivity index (χ2v) is 4.41. The van der Waals surface area contributed by atoms with Crippen LogP contribution >= 0.6 is 0 Å². The highest BCUT2D eigenvalue weighted by molar-refractivity contribution is 5.92. The minimum atomic E-state index is -0.0351. The van der Waals surface area contributed by atoms with Crippen molar-refractivity contribution in [1.82, 2.24) is 15.1 Å². The highest BCUT2D eigenvalue weighted by atomic mass is 16.2. The van der Waals surface area contributed by atoms with Gasteiger partial charge in [0.2, 0.25) is 0 Å². The van der Waals surface area contributed by atoms with Gasteiger partial charge in [-0.3, -0.25) is 4.79 Å². The maximum Gasteiger partial charge on any atom is 0.274 e. The van der Waals surface area contributed by atoms with Gasteiger partial charge in [0.05, 0.1) is 0 Å². The van der Waals surface area contributed by atoms with Crippen LogP contribution in [0.4, 0.5) is 5.82 Å². The minimum Gasteiger partial charge on any atom is -0.372 e. The average molecular weight is 234 g/mol. The van der Waals surface area contributed by atoms with E-state index in [-0.39, 0.29) is 5.91 Å². The lowest BCUT2D eigenvalue weighted by Crippen LogP contribution is -2.35. The summed E-state index contributed by atoms with van der Waals surface area (Å²) in [6.07, 6.45) is 4.63. The molecule has 1 N–H and O–H groups in total. The lowest BCUT2D eigenvalue weighted by molar-refractivity contribution is 0.0728. The zero-order valence-corrected chi connectivity index (χ0v) is 10.3. The van der Waals surface area contributed by atoms with Crippen molar-refractivity contribution >= 4 is 11.7 Å². The molecule has 0 bridgehead atoms. The van der Waals surface area contributed by atoms with E-state index in [9.17, 15) is 4.79 Å². The molecule has 0 saturated heterocycles. The number of hydrogen-bond acceptors (Lipinski definition) is 4. The van der Waals surface area contributed by atoms with Crippen LogP contribution in [0.2, 0.25) is 0 Å². The molecule has 1 fully saturated rings. The average Bonchev–Trinajstić information content (AvgIpc) is 2.91. The van der Waals surface area contributed by atoms with Crippen molar-refractivity contribution < 1.29 is 4.79 Å². The second kappa shape index (κ2) is 5.12. The molecule has 17 heavy (non-hydrogen) atoms. The fourth-order valence-electron chi connectivity index (χ4n) is 2.22. The molecule has 0 spiro atoms. The van der Waals surface area contributed by atoms with Crippen molar-refractivity contribution in [3.63, 3.8) is 0 Å². The number of nitrogens with one attached hydrogen (secondary N) is 1. The molecule has 0 radical (unpaired) electrons. The van der Waals surface area contributed by atoms with Gasteiger partial charge < -0.3 is 10.2 Å². The topological polar surface area (TPSA) is 58.1 Å². The van der Waals surface area contributed by atoms with E-state index in [1.54, 1.807) is 24.1 Å². The first-order valence-electron chi connectivity index (χ1n) is 6.01. The largest absolute Gasteiger partial charge is 0.372 e.